The summed E-state index contributed by atoms with van der Waals surface area (Å²) in [4.78, 5) is 8.83. The zero-order valence-electron chi connectivity index (χ0n) is 19.5. The second kappa shape index (κ2) is 17.0. The lowest BCUT2D eigenvalue weighted by Gasteiger charge is -2.03. The lowest BCUT2D eigenvalue weighted by Crippen LogP contribution is -1.87. The number of nitrogens with zero attached hydrogens (tertiary/aromatic N) is 2. The van der Waals surface area contributed by atoms with Crippen LogP contribution >= 0.6 is 0 Å². The Hall–Kier alpha value is -2.62. The second-order valence-corrected chi connectivity index (χ2v) is 8.43. The van der Waals surface area contributed by atoms with Crippen molar-refractivity contribution in [2.45, 2.75) is 77.0 Å². The van der Waals surface area contributed by atoms with E-state index in [-0.39, 0.29) is 0 Å². The summed E-state index contributed by atoms with van der Waals surface area (Å²) in [5, 5.41) is 19.4. The van der Waals surface area contributed by atoms with Crippen LogP contribution in [0.5, 0.6) is 11.5 Å². The van der Waals surface area contributed by atoms with Gasteiger partial charge in [-0.1, -0.05) is 88.5 Å². The Labute approximate surface area is 194 Å². The molecule has 0 saturated heterocycles. The summed E-state index contributed by atoms with van der Waals surface area (Å²) < 4.78 is 0. The number of phenolic OH excluding ortho intramolecular Hbond substituents is 2. The highest BCUT2D eigenvalue weighted by atomic mass is 16.3. The maximum atomic E-state index is 9.69. The van der Waals surface area contributed by atoms with Gasteiger partial charge in [0, 0.05) is 36.6 Å². The van der Waals surface area contributed by atoms with Gasteiger partial charge in [-0.2, -0.15) is 0 Å². The average molecular weight is 437 g/mol. The lowest BCUT2D eigenvalue weighted by atomic mass is 10.1. The number of phenols is 2. The molecule has 0 aliphatic rings. The van der Waals surface area contributed by atoms with E-state index in [2.05, 4.69) is 9.98 Å². The lowest BCUT2D eigenvalue weighted by molar-refractivity contribution is 0.474. The largest absolute Gasteiger partial charge is 0.507 e. The Balaban J connectivity index is 1.31. The van der Waals surface area contributed by atoms with Gasteiger partial charge in [-0.15, -0.1) is 0 Å². The molecule has 0 fully saturated rings. The molecular formula is C28H40N2O2. The molecule has 0 aromatic heterocycles. The minimum absolute atomic E-state index is 0.297. The molecule has 0 heterocycles. The fourth-order valence-electron chi connectivity index (χ4n) is 3.69. The zero-order valence-corrected chi connectivity index (χ0v) is 19.5. The number of aromatic hydroxyl groups is 2. The molecule has 0 aliphatic carbocycles. The van der Waals surface area contributed by atoms with E-state index in [0.717, 1.165) is 37.1 Å². The van der Waals surface area contributed by atoms with Gasteiger partial charge in [-0.3, -0.25) is 9.98 Å². The standard InChI is InChI=1S/C28H40N2O2/c31-27-19-13-11-17-25(27)23-29-21-15-9-7-5-3-1-2-4-6-8-10-16-22-30-24-26-18-12-14-20-28(26)32/h11-14,17-20,23-24,31-32H,1-10,15-16,21-22H2/b29-23+,30-24+. The van der Waals surface area contributed by atoms with Gasteiger partial charge in [0.25, 0.3) is 0 Å². The zero-order chi connectivity index (χ0) is 22.7. The van der Waals surface area contributed by atoms with Crippen molar-refractivity contribution < 1.29 is 10.2 Å². The maximum Gasteiger partial charge on any atom is 0.124 e. The first-order valence-electron chi connectivity index (χ1n) is 12.3. The van der Waals surface area contributed by atoms with Crippen LogP contribution in [-0.4, -0.2) is 35.7 Å². The molecule has 32 heavy (non-hydrogen) atoms. The fourth-order valence-corrected chi connectivity index (χ4v) is 3.69. The van der Waals surface area contributed by atoms with Crippen molar-refractivity contribution in [1.29, 1.82) is 0 Å². The van der Waals surface area contributed by atoms with E-state index in [4.69, 9.17) is 0 Å². The van der Waals surface area contributed by atoms with Gasteiger partial charge < -0.3 is 10.2 Å². The molecule has 174 valence electrons. The predicted octanol–water partition coefficient (Wildman–Crippen LogP) is 7.32. The molecule has 2 aromatic rings. The van der Waals surface area contributed by atoms with Gasteiger partial charge in [0.15, 0.2) is 0 Å². The summed E-state index contributed by atoms with van der Waals surface area (Å²) in [6.45, 7) is 1.68. The van der Waals surface area contributed by atoms with Crippen LogP contribution in [0.1, 0.15) is 88.2 Å². The molecule has 0 amide bonds. The molecule has 0 unspecified atom stereocenters. The Morgan fingerprint density at radius 1 is 0.469 bits per heavy atom. The molecule has 2 aromatic carbocycles. The van der Waals surface area contributed by atoms with E-state index in [9.17, 15) is 10.2 Å². The summed E-state index contributed by atoms with van der Waals surface area (Å²) >= 11 is 0. The number of unbranched alkanes of at least 4 members (excludes halogenated alkanes) is 11. The highest BCUT2D eigenvalue weighted by molar-refractivity contribution is 5.83. The van der Waals surface area contributed by atoms with E-state index in [1.807, 2.05) is 36.4 Å². The monoisotopic (exact) mass is 436 g/mol. The number of benzene rings is 2. The number of rotatable bonds is 17. The molecule has 0 spiro atoms. The molecule has 0 aliphatic heterocycles. The minimum Gasteiger partial charge on any atom is -0.507 e. The fraction of sp³-hybridized carbons (Fsp3) is 0.500. The smallest absolute Gasteiger partial charge is 0.124 e. The second-order valence-electron chi connectivity index (χ2n) is 8.43. The Bertz CT molecular complexity index is 734. The van der Waals surface area contributed by atoms with Crippen LogP contribution in [0.2, 0.25) is 0 Å². The minimum atomic E-state index is 0.297. The normalized spacial score (nSPS) is 11.6. The van der Waals surface area contributed by atoms with Gasteiger partial charge in [-0.05, 0) is 37.1 Å². The number of hydrogen-bond donors (Lipinski definition) is 2. The topological polar surface area (TPSA) is 65.2 Å². The van der Waals surface area contributed by atoms with Crippen molar-refractivity contribution in [3.63, 3.8) is 0 Å². The van der Waals surface area contributed by atoms with Gasteiger partial charge in [-0.25, -0.2) is 0 Å². The number of aliphatic imine (C=N–C) groups is 2. The molecule has 0 atom stereocenters. The summed E-state index contributed by atoms with van der Waals surface area (Å²) in [7, 11) is 0. The van der Waals surface area contributed by atoms with E-state index in [0.29, 0.717) is 11.5 Å². The van der Waals surface area contributed by atoms with Crippen molar-refractivity contribution in [3.8, 4) is 11.5 Å². The van der Waals surface area contributed by atoms with Crippen molar-refractivity contribution in [2.75, 3.05) is 13.1 Å². The SMILES string of the molecule is Oc1ccccc1/C=N/CCCCCCCCCCCCCC/N=C/c1ccccc1O. The van der Waals surface area contributed by atoms with E-state index in [1.54, 1.807) is 24.6 Å². The van der Waals surface area contributed by atoms with E-state index >= 15 is 0 Å². The first-order valence-corrected chi connectivity index (χ1v) is 12.3. The number of hydrogen-bond acceptors (Lipinski definition) is 4. The van der Waals surface area contributed by atoms with Crippen LogP contribution in [-0.2, 0) is 0 Å². The summed E-state index contributed by atoms with van der Waals surface area (Å²) in [5.41, 5.74) is 1.59. The van der Waals surface area contributed by atoms with Gasteiger partial charge in [0.05, 0.1) is 0 Å². The van der Waals surface area contributed by atoms with Crippen LogP contribution < -0.4 is 0 Å². The van der Waals surface area contributed by atoms with Gasteiger partial charge >= 0.3 is 0 Å². The van der Waals surface area contributed by atoms with Crippen molar-refractivity contribution >= 4 is 12.4 Å². The molecule has 2 rings (SSSR count). The highest BCUT2D eigenvalue weighted by Crippen LogP contribution is 2.15. The predicted molar refractivity (Wildman–Crippen MR) is 137 cm³/mol. The van der Waals surface area contributed by atoms with Gasteiger partial charge in [0.1, 0.15) is 11.5 Å². The third-order valence-electron chi connectivity index (χ3n) is 5.66. The quantitative estimate of drug-likeness (QED) is 0.201. The first-order chi connectivity index (χ1) is 15.8. The molecule has 0 bridgehead atoms. The average Bonchev–Trinajstić information content (AvgIpc) is 2.80. The van der Waals surface area contributed by atoms with E-state index in [1.165, 1.54) is 64.2 Å². The molecular weight excluding hydrogens is 396 g/mol. The molecule has 4 nitrogen and oxygen atoms in total. The first kappa shape index (κ1) is 25.6. The van der Waals surface area contributed by atoms with Crippen molar-refractivity contribution in [1.82, 2.24) is 0 Å². The summed E-state index contributed by atoms with van der Waals surface area (Å²) in [6.07, 6.45) is 19.0. The van der Waals surface area contributed by atoms with Crippen LogP contribution in [0.15, 0.2) is 58.5 Å². The molecule has 2 N–H and O–H groups in total. The molecule has 4 heteroatoms. The Kier molecular flexibility index (Phi) is 13.6. The molecule has 0 saturated carbocycles. The Morgan fingerprint density at radius 2 is 0.781 bits per heavy atom. The van der Waals surface area contributed by atoms with Gasteiger partial charge in [0.2, 0.25) is 0 Å². The van der Waals surface area contributed by atoms with E-state index < -0.39 is 0 Å². The Morgan fingerprint density at radius 3 is 1.12 bits per heavy atom. The van der Waals surface area contributed by atoms with Crippen molar-refractivity contribution in [2.24, 2.45) is 9.98 Å². The van der Waals surface area contributed by atoms with Crippen LogP contribution in [0.4, 0.5) is 0 Å². The maximum absolute atomic E-state index is 9.69. The van der Waals surface area contributed by atoms with Crippen LogP contribution in [0.25, 0.3) is 0 Å². The third kappa shape index (κ3) is 11.7. The summed E-state index contributed by atoms with van der Waals surface area (Å²) in [5.74, 6) is 0.595. The molecule has 0 radical (unpaired) electrons. The summed E-state index contributed by atoms with van der Waals surface area (Å²) in [6, 6.07) is 14.6. The number of para-hydroxylation sites is 2. The van der Waals surface area contributed by atoms with Crippen LogP contribution in [0.3, 0.4) is 0 Å². The van der Waals surface area contributed by atoms with Crippen LogP contribution in [0, 0.1) is 0 Å². The third-order valence-corrected chi connectivity index (χ3v) is 5.66. The van der Waals surface area contributed by atoms with Crippen molar-refractivity contribution in [3.05, 3.63) is 59.7 Å². The highest BCUT2D eigenvalue weighted by Gasteiger charge is 1.96.